The molecular weight excluding hydrogens is 436 g/mol. The minimum atomic E-state index is -0.581. The van der Waals surface area contributed by atoms with Gasteiger partial charge in [-0.1, -0.05) is 18.2 Å². The third-order valence-electron chi connectivity index (χ3n) is 5.35. The van der Waals surface area contributed by atoms with Crippen LogP contribution < -0.4 is 20.7 Å². The van der Waals surface area contributed by atoms with Crippen molar-refractivity contribution < 1.29 is 19.1 Å². The fourth-order valence-electron chi connectivity index (χ4n) is 3.65. The first-order valence-corrected chi connectivity index (χ1v) is 11.0. The SMILES string of the molecule is CCOc1ccc(N2CC(C(=O)OCc3nc(N)nc(Nc4ccccc4C)n3)CC2=O)cc1. The van der Waals surface area contributed by atoms with Crippen molar-refractivity contribution in [3.63, 3.8) is 0 Å². The topological polar surface area (TPSA) is 133 Å². The summed E-state index contributed by atoms with van der Waals surface area (Å²) in [5.74, 6) is -0.0101. The van der Waals surface area contributed by atoms with Gasteiger partial charge in [0.25, 0.3) is 0 Å². The Morgan fingerprint density at radius 1 is 1.15 bits per heavy atom. The quantitative estimate of drug-likeness (QED) is 0.485. The molecule has 3 N–H and O–H groups in total. The normalized spacial score (nSPS) is 15.3. The Labute approximate surface area is 197 Å². The van der Waals surface area contributed by atoms with Gasteiger partial charge in [0, 0.05) is 24.3 Å². The van der Waals surface area contributed by atoms with E-state index in [-0.39, 0.29) is 43.2 Å². The number of esters is 1. The van der Waals surface area contributed by atoms with Crippen LogP contribution in [-0.2, 0) is 20.9 Å². The van der Waals surface area contributed by atoms with Gasteiger partial charge in [-0.2, -0.15) is 15.0 Å². The molecule has 2 aromatic carbocycles. The van der Waals surface area contributed by atoms with E-state index in [0.717, 1.165) is 17.0 Å². The van der Waals surface area contributed by atoms with Crippen LogP contribution in [0.15, 0.2) is 48.5 Å². The second-order valence-electron chi connectivity index (χ2n) is 7.81. The van der Waals surface area contributed by atoms with Crippen LogP contribution in [0, 0.1) is 12.8 Å². The predicted octanol–water partition coefficient (Wildman–Crippen LogP) is 3.00. The summed E-state index contributed by atoms with van der Waals surface area (Å²) in [6, 6.07) is 14.9. The fraction of sp³-hybridized carbons (Fsp3) is 0.292. The molecule has 1 atom stereocenters. The van der Waals surface area contributed by atoms with Crippen LogP contribution in [0.5, 0.6) is 5.75 Å². The first kappa shape index (κ1) is 23.0. The zero-order valence-electron chi connectivity index (χ0n) is 19.0. The molecule has 1 aliphatic heterocycles. The molecule has 1 fully saturated rings. The molecule has 1 amide bonds. The standard InChI is InChI=1S/C24H26N6O4/c1-3-33-18-10-8-17(9-11-18)30-13-16(12-21(30)31)22(32)34-14-20-27-23(25)29-24(28-20)26-19-7-5-4-6-15(19)2/h4-11,16H,3,12-14H2,1-2H3,(H3,25,26,27,28,29). The van der Waals surface area contributed by atoms with Crippen LogP contribution in [0.1, 0.15) is 24.7 Å². The lowest BCUT2D eigenvalue weighted by atomic mass is 10.1. The summed E-state index contributed by atoms with van der Waals surface area (Å²) in [6.45, 7) is 4.48. The van der Waals surface area contributed by atoms with E-state index in [9.17, 15) is 9.59 Å². The zero-order valence-corrected chi connectivity index (χ0v) is 19.0. The summed E-state index contributed by atoms with van der Waals surface area (Å²) in [5, 5.41) is 3.09. The van der Waals surface area contributed by atoms with E-state index in [0.29, 0.717) is 12.3 Å². The van der Waals surface area contributed by atoms with Crippen LogP contribution in [0.2, 0.25) is 0 Å². The molecule has 176 valence electrons. The molecule has 1 aromatic heterocycles. The smallest absolute Gasteiger partial charge is 0.311 e. The minimum absolute atomic E-state index is 0.00912. The van der Waals surface area contributed by atoms with E-state index in [1.54, 1.807) is 29.2 Å². The van der Waals surface area contributed by atoms with E-state index in [4.69, 9.17) is 15.2 Å². The van der Waals surface area contributed by atoms with Crippen molar-refractivity contribution in [2.75, 3.05) is 29.1 Å². The predicted molar refractivity (Wildman–Crippen MR) is 127 cm³/mol. The Balaban J connectivity index is 1.37. The Kier molecular flexibility index (Phi) is 6.86. The summed E-state index contributed by atoms with van der Waals surface area (Å²) in [7, 11) is 0. The van der Waals surface area contributed by atoms with E-state index in [2.05, 4.69) is 20.3 Å². The number of carbonyl (C=O) groups excluding carboxylic acids is 2. The van der Waals surface area contributed by atoms with Gasteiger partial charge in [0.2, 0.25) is 17.8 Å². The largest absolute Gasteiger partial charge is 0.494 e. The number of anilines is 4. The third kappa shape index (κ3) is 5.40. The number of carbonyl (C=O) groups is 2. The van der Waals surface area contributed by atoms with Crippen LogP contribution in [0.25, 0.3) is 0 Å². The van der Waals surface area contributed by atoms with E-state index >= 15 is 0 Å². The molecule has 10 nitrogen and oxygen atoms in total. The Bertz CT molecular complexity index is 1180. The number of nitrogen functional groups attached to an aromatic ring is 1. The molecule has 10 heteroatoms. The lowest BCUT2D eigenvalue weighted by Crippen LogP contribution is -2.26. The van der Waals surface area contributed by atoms with Gasteiger partial charge in [-0.15, -0.1) is 0 Å². The molecule has 0 saturated carbocycles. The minimum Gasteiger partial charge on any atom is -0.494 e. The molecule has 34 heavy (non-hydrogen) atoms. The number of ether oxygens (including phenoxy) is 2. The summed E-state index contributed by atoms with van der Waals surface area (Å²) < 4.78 is 10.8. The maximum absolute atomic E-state index is 12.6. The number of amides is 1. The van der Waals surface area contributed by atoms with Crippen molar-refractivity contribution in [1.29, 1.82) is 0 Å². The Hall–Kier alpha value is -4.21. The summed E-state index contributed by atoms with van der Waals surface area (Å²) >= 11 is 0. The van der Waals surface area contributed by atoms with Crippen molar-refractivity contribution in [1.82, 2.24) is 15.0 Å². The van der Waals surface area contributed by atoms with Gasteiger partial charge >= 0.3 is 5.97 Å². The average Bonchev–Trinajstić information content (AvgIpc) is 3.21. The molecule has 0 radical (unpaired) electrons. The van der Waals surface area contributed by atoms with Gasteiger partial charge in [0.05, 0.1) is 12.5 Å². The molecule has 0 spiro atoms. The lowest BCUT2D eigenvalue weighted by molar-refractivity contribution is -0.149. The summed E-state index contributed by atoms with van der Waals surface area (Å²) in [6.07, 6.45) is 0.0749. The first-order chi connectivity index (χ1) is 16.4. The monoisotopic (exact) mass is 462 g/mol. The van der Waals surface area contributed by atoms with Crippen molar-refractivity contribution >= 4 is 35.1 Å². The van der Waals surface area contributed by atoms with Crippen molar-refractivity contribution in [2.45, 2.75) is 26.9 Å². The highest BCUT2D eigenvalue weighted by atomic mass is 16.5. The number of hydrogen-bond donors (Lipinski definition) is 2. The maximum Gasteiger partial charge on any atom is 0.311 e. The summed E-state index contributed by atoms with van der Waals surface area (Å²) in [4.78, 5) is 39.1. The number of para-hydroxylation sites is 1. The Morgan fingerprint density at radius 2 is 1.91 bits per heavy atom. The Morgan fingerprint density at radius 3 is 2.65 bits per heavy atom. The first-order valence-electron chi connectivity index (χ1n) is 11.0. The van der Waals surface area contributed by atoms with Gasteiger partial charge in [-0.05, 0) is 49.7 Å². The van der Waals surface area contributed by atoms with Gasteiger partial charge in [0.15, 0.2) is 12.4 Å². The van der Waals surface area contributed by atoms with Gasteiger partial charge < -0.3 is 25.4 Å². The number of rotatable bonds is 8. The van der Waals surface area contributed by atoms with Crippen molar-refractivity contribution in [3.05, 3.63) is 59.9 Å². The van der Waals surface area contributed by atoms with Gasteiger partial charge in [0.1, 0.15) is 5.75 Å². The van der Waals surface area contributed by atoms with Gasteiger partial charge in [-0.25, -0.2) is 0 Å². The highest BCUT2D eigenvalue weighted by molar-refractivity contribution is 5.99. The number of nitrogens with zero attached hydrogens (tertiary/aromatic N) is 4. The third-order valence-corrected chi connectivity index (χ3v) is 5.35. The van der Waals surface area contributed by atoms with Crippen LogP contribution >= 0.6 is 0 Å². The van der Waals surface area contributed by atoms with Crippen molar-refractivity contribution in [3.8, 4) is 5.75 Å². The van der Waals surface area contributed by atoms with Crippen LogP contribution in [0.3, 0.4) is 0 Å². The number of aryl methyl sites for hydroxylation is 1. The van der Waals surface area contributed by atoms with Crippen LogP contribution in [0.4, 0.5) is 23.3 Å². The number of nitrogens with one attached hydrogen (secondary N) is 1. The number of benzene rings is 2. The van der Waals surface area contributed by atoms with E-state index < -0.39 is 11.9 Å². The molecule has 1 unspecified atom stereocenters. The number of nitrogens with two attached hydrogens (primary N) is 1. The molecule has 1 aliphatic rings. The highest BCUT2D eigenvalue weighted by Crippen LogP contribution is 2.28. The molecule has 2 heterocycles. The van der Waals surface area contributed by atoms with E-state index in [1.165, 1.54) is 0 Å². The fourth-order valence-corrected chi connectivity index (χ4v) is 3.65. The zero-order chi connectivity index (χ0) is 24.1. The lowest BCUT2D eigenvalue weighted by Gasteiger charge is -2.17. The summed E-state index contributed by atoms with van der Waals surface area (Å²) in [5.41, 5.74) is 8.36. The molecular formula is C24H26N6O4. The molecule has 3 aromatic rings. The number of aromatic nitrogens is 3. The van der Waals surface area contributed by atoms with Gasteiger partial charge in [-0.3, -0.25) is 9.59 Å². The van der Waals surface area contributed by atoms with Crippen LogP contribution in [-0.4, -0.2) is 40.0 Å². The highest BCUT2D eigenvalue weighted by Gasteiger charge is 2.36. The maximum atomic E-state index is 12.6. The molecule has 0 bridgehead atoms. The second kappa shape index (κ2) is 10.2. The molecule has 1 saturated heterocycles. The molecule has 4 rings (SSSR count). The average molecular weight is 463 g/mol. The van der Waals surface area contributed by atoms with Crippen molar-refractivity contribution in [2.24, 2.45) is 5.92 Å². The number of hydrogen-bond acceptors (Lipinski definition) is 9. The second-order valence-corrected chi connectivity index (χ2v) is 7.81. The van der Waals surface area contributed by atoms with E-state index in [1.807, 2.05) is 38.1 Å². The molecule has 0 aliphatic carbocycles.